The van der Waals surface area contributed by atoms with Crippen molar-refractivity contribution in [2.75, 3.05) is 18.2 Å². The number of anilines is 2. The lowest BCUT2D eigenvalue weighted by molar-refractivity contribution is 0.101. The monoisotopic (exact) mass is 288 g/mol. The Hall–Kier alpha value is -2.50. The topological polar surface area (TPSA) is 82.2 Å². The molecule has 0 aliphatic rings. The number of hydrogen-bond acceptors (Lipinski definition) is 4. The smallest absolute Gasteiger partial charge is 0.274 e. The van der Waals surface area contributed by atoms with E-state index in [1.807, 2.05) is 19.9 Å². The normalized spacial score (nSPS) is 10.4. The third-order valence-electron chi connectivity index (χ3n) is 3.20. The number of nitrogens with zero attached hydrogens (tertiary/aromatic N) is 2. The summed E-state index contributed by atoms with van der Waals surface area (Å²) < 4.78 is 6.92. The summed E-state index contributed by atoms with van der Waals surface area (Å²) in [7, 11) is 1.54. The number of ether oxygens (including phenoxy) is 1. The molecule has 2 aromatic rings. The van der Waals surface area contributed by atoms with E-state index in [0.29, 0.717) is 29.4 Å². The van der Waals surface area contributed by atoms with E-state index >= 15 is 0 Å². The predicted octanol–water partition coefficient (Wildman–Crippen LogP) is 2.31. The fraction of sp³-hybridized carbons (Fsp3) is 0.333. The summed E-state index contributed by atoms with van der Waals surface area (Å²) in [6.07, 6.45) is 0.790. The van der Waals surface area contributed by atoms with Crippen LogP contribution in [0.1, 0.15) is 30.0 Å². The maximum absolute atomic E-state index is 12.4. The van der Waals surface area contributed by atoms with Gasteiger partial charge in [0.1, 0.15) is 11.4 Å². The van der Waals surface area contributed by atoms with Gasteiger partial charge in [0.05, 0.1) is 18.5 Å². The first-order chi connectivity index (χ1) is 10.1. The van der Waals surface area contributed by atoms with E-state index in [9.17, 15) is 4.79 Å². The van der Waals surface area contributed by atoms with Gasteiger partial charge in [0, 0.05) is 18.3 Å². The molecule has 1 amide bonds. The number of nitrogen functional groups attached to an aromatic ring is 1. The van der Waals surface area contributed by atoms with Gasteiger partial charge in [-0.05, 0) is 31.5 Å². The van der Waals surface area contributed by atoms with Crippen LogP contribution in [0, 0.1) is 0 Å². The maximum atomic E-state index is 12.4. The quantitative estimate of drug-likeness (QED) is 0.827. The number of aromatic nitrogens is 2. The minimum absolute atomic E-state index is 0.216. The summed E-state index contributed by atoms with van der Waals surface area (Å²) in [4.78, 5) is 12.4. The summed E-state index contributed by atoms with van der Waals surface area (Å²) in [5.41, 5.74) is 8.30. The van der Waals surface area contributed by atoms with Gasteiger partial charge in [0.2, 0.25) is 0 Å². The molecule has 2 rings (SSSR count). The second-order valence-electron chi connectivity index (χ2n) is 4.60. The molecule has 1 aromatic heterocycles. The molecule has 0 radical (unpaired) electrons. The van der Waals surface area contributed by atoms with Crippen molar-refractivity contribution in [2.24, 2.45) is 0 Å². The van der Waals surface area contributed by atoms with Crippen molar-refractivity contribution in [3.8, 4) is 5.75 Å². The van der Waals surface area contributed by atoms with Gasteiger partial charge in [-0.2, -0.15) is 5.10 Å². The van der Waals surface area contributed by atoms with Crippen molar-refractivity contribution >= 4 is 17.3 Å². The molecule has 1 heterocycles. The van der Waals surface area contributed by atoms with Crippen LogP contribution >= 0.6 is 0 Å². The molecule has 0 spiro atoms. The van der Waals surface area contributed by atoms with E-state index in [-0.39, 0.29) is 5.91 Å². The fourth-order valence-electron chi connectivity index (χ4n) is 2.06. The highest BCUT2D eigenvalue weighted by atomic mass is 16.5. The molecule has 0 saturated heterocycles. The van der Waals surface area contributed by atoms with Crippen LogP contribution in [-0.4, -0.2) is 22.8 Å². The molecule has 0 aliphatic carbocycles. The molecule has 0 bridgehead atoms. The van der Waals surface area contributed by atoms with E-state index in [2.05, 4.69) is 10.4 Å². The van der Waals surface area contributed by atoms with Crippen LogP contribution in [0.15, 0.2) is 24.3 Å². The Morgan fingerprint density at radius 3 is 2.76 bits per heavy atom. The highest BCUT2D eigenvalue weighted by Gasteiger charge is 2.15. The number of amides is 1. The van der Waals surface area contributed by atoms with Gasteiger partial charge in [-0.1, -0.05) is 6.92 Å². The van der Waals surface area contributed by atoms with Crippen molar-refractivity contribution in [3.05, 3.63) is 35.7 Å². The van der Waals surface area contributed by atoms with Crippen molar-refractivity contribution in [1.82, 2.24) is 9.78 Å². The predicted molar refractivity (Wildman–Crippen MR) is 82.6 cm³/mol. The number of benzene rings is 1. The van der Waals surface area contributed by atoms with Crippen LogP contribution in [0.5, 0.6) is 5.75 Å². The van der Waals surface area contributed by atoms with Gasteiger partial charge in [0.25, 0.3) is 5.91 Å². The Morgan fingerprint density at radius 2 is 2.14 bits per heavy atom. The van der Waals surface area contributed by atoms with Gasteiger partial charge in [-0.3, -0.25) is 9.48 Å². The second kappa shape index (κ2) is 6.30. The molecular formula is C15H20N4O2. The molecule has 3 N–H and O–H groups in total. The highest BCUT2D eigenvalue weighted by molar-refractivity contribution is 6.04. The zero-order valence-electron chi connectivity index (χ0n) is 12.5. The Bertz CT molecular complexity index is 649. The molecule has 6 heteroatoms. The number of nitrogens with one attached hydrogen (secondary N) is 1. The van der Waals surface area contributed by atoms with E-state index in [1.54, 1.807) is 22.9 Å². The molecule has 6 nitrogen and oxygen atoms in total. The lowest BCUT2D eigenvalue weighted by Crippen LogP contribution is -2.17. The van der Waals surface area contributed by atoms with Crippen LogP contribution in [0.25, 0.3) is 0 Å². The summed E-state index contributed by atoms with van der Waals surface area (Å²) in [5.74, 6) is 0.314. The van der Waals surface area contributed by atoms with Gasteiger partial charge in [-0.25, -0.2) is 0 Å². The molecule has 0 fully saturated rings. The average molecular weight is 288 g/mol. The zero-order valence-corrected chi connectivity index (χ0v) is 12.5. The molecule has 21 heavy (non-hydrogen) atoms. The van der Waals surface area contributed by atoms with Crippen LogP contribution < -0.4 is 15.8 Å². The molecule has 0 saturated carbocycles. The molecular weight excluding hydrogens is 268 g/mol. The van der Waals surface area contributed by atoms with Gasteiger partial charge < -0.3 is 15.8 Å². The maximum Gasteiger partial charge on any atom is 0.274 e. The minimum atomic E-state index is -0.216. The third-order valence-corrected chi connectivity index (χ3v) is 3.20. The highest BCUT2D eigenvalue weighted by Crippen LogP contribution is 2.27. The molecule has 0 aliphatic heterocycles. The Balaban J connectivity index is 2.27. The second-order valence-corrected chi connectivity index (χ2v) is 4.60. The third kappa shape index (κ3) is 3.16. The van der Waals surface area contributed by atoms with Crippen LogP contribution in [0.2, 0.25) is 0 Å². The number of hydrogen-bond donors (Lipinski definition) is 2. The van der Waals surface area contributed by atoms with Crippen LogP contribution in [0.4, 0.5) is 11.4 Å². The minimum Gasteiger partial charge on any atom is -0.494 e. The van der Waals surface area contributed by atoms with Gasteiger partial charge in [0.15, 0.2) is 0 Å². The number of carbonyl (C=O) groups is 1. The summed E-state index contributed by atoms with van der Waals surface area (Å²) >= 11 is 0. The van der Waals surface area contributed by atoms with Gasteiger partial charge >= 0.3 is 0 Å². The van der Waals surface area contributed by atoms with E-state index in [1.165, 1.54) is 7.11 Å². The fourth-order valence-corrected chi connectivity index (χ4v) is 2.06. The van der Waals surface area contributed by atoms with Crippen molar-refractivity contribution < 1.29 is 9.53 Å². The number of methoxy groups -OCH3 is 1. The molecule has 1 aromatic carbocycles. The largest absolute Gasteiger partial charge is 0.494 e. The standard InChI is InChI=1S/C15H20N4O2/c1-4-11-9-13(19(5-2)18-11)15(20)17-12-7-6-10(16)8-14(12)21-3/h6-9H,4-5,16H2,1-3H3,(H,17,20). The Morgan fingerprint density at radius 1 is 1.38 bits per heavy atom. The number of aryl methyl sites for hydroxylation is 2. The van der Waals surface area contributed by atoms with E-state index < -0.39 is 0 Å². The average Bonchev–Trinajstić information content (AvgIpc) is 2.92. The summed E-state index contributed by atoms with van der Waals surface area (Å²) in [5, 5.41) is 7.21. The van der Waals surface area contributed by atoms with Crippen LogP contribution in [0.3, 0.4) is 0 Å². The first-order valence-corrected chi connectivity index (χ1v) is 6.90. The number of carbonyl (C=O) groups excluding carboxylic acids is 1. The molecule has 0 atom stereocenters. The summed E-state index contributed by atoms with van der Waals surface area (Å²) in [6.45, 7) is 4.60. The molecule has 0 unspecified atom stereocenters. The SMILES string of the molecule is CCc1cc(C(=O)Nc2ccc(N)cc2OC)n(CC)n1. The van der Waals surface area contributed by atoms with Crippen molar-refractivity contribution in [3.63, 3.8) is 0 Å². The van der Waals surface area contributed by atoms with E-state index in [0.717, 1.165) is 12.1 Å². The number of nitrogens with two attached hydrogens (primary N) is 1. The number of rotatable bonds is 5. The zero-order chi connectivity index (χ0) is 15.4. The van der Waals surface area contributed by atoms with Crippen LogP contribution in [-0.2, 0) is 13.0 Å². The van der Waals surface area contributed by atoms with Crippen molar-refractivity contribution in [2.45, 2.75) is 26.8 Å². The Kier molecular flexibility index (Phi) is 4.47. The van der Waals surface area contributed by atoms with Gasteiger partial charge in [-0.15, -0.1) is 0 Å². The lowest BCUT2D eigenvalue weighted by Gasteiger charge is -2.11. The first kappa shape index (κ1) is 14.9. The van der Waals surface area contributed by atoms with E-state index in [4.69, 9.17) is 10.5 Å². The van der Waals surface area contributed by atoms with Crippen molar-refractivity contribution in [1.29, 1.82) is 0 Å². The molecule has 112 valence electrons. The Labute approximate surface area is 123 Å². The lowest BCUT2D eigenvalue weighted by atomic mass is 10.2. The first-order valence-electron chi connectivity index (χ1n) is 6.90. The summed E-state index contributed by atoms with van der Waals surface area (Å²) in [6, 6.07) is 6.92.